The maximum atomic E-state index is 12.8. The summed E-state index contributed by atoms with van der Waals surface area (Å²) in [5, 5.41) is 4.71. The van der Waals surface area contributed by atoms with Crippen molar-refractivity contribution in [3.63, 3.8) is 0 Å². The van der Waals surface area contributed by atoms with Crippen LogP contribution in [0.1, 0.15) is 17.1 Å². The van der Waals surface area contributed by atoms with Crippen LogP contribution in [0.25, 0.3) is 27.7 Å². The summed E-state index contributed by atoms with van der Waals surface area (Å²) in [6, 6.07) is 9.82. The second kappa shape index (κ2) is 7.46. The van der Waals surface area contributed by atoms with Crippen LogP contribution in [0.2, 0.25) is 0 Å². The van der Waals surface area contributed by atoms with Gasteiger partial charge in [-0.25, -0.2) is 9.97 Å². The number of halogens is 1. The number of benzene rings is 1. The molecule has 0 spiro atoms. The molecule has 7 heteroatoms. The number of hydrogen-bond acceptors (Lipinski definition) is 4. The first kappa shape index (κ1) is 19.4. The minimum atomic E-state index is -0.0712. The van der Waals surface area contributed by atoms with Gasteiger partial charge in [0.1, 0.15) is 5.82 Å². The molecule has 3 aromatic heterocycles. The van der Waals surface area contributed by atoms with E-state index >= 15 is 0 Å². The highest BCUT2D eigenvalue weighted by molar-refractivity contribution is 5.87. The molecule has 0 saturated carbocycles. The summed E-state index contributed by atoms with van der Waals surface area (Å²) in [5.41, 5.74) is 6.38. The fourth-order valence-electron chi connectivity index (χ4n) is 4.06. The molecule has 4 aromatic rings. The Labute approximate surface area is 174 Å². The Hall–Kier alpha value is -2.96. The maximum Gasteiger partial charge on any atom is 0.255 e. The van der Waals surface area contributed by atoms with Gasteiger partial charge in [0.2, 0.25) is 0 Å². The summed E-state index contributed by atoms with van der Waals surface area (Å²) in [5.74, 6) is 0.714. The highest BCUT2D eigenvalue weighted by atomic mass is 35.5. The Morgan fingerprint density at radius 2 is 1.86 bits per heavy atom. The number of nitrogens with one attached hydrogen (secondary N) is 1. The molecule has 5 rings (SSSR count). The van der Waals surface area contributed by atoms with Crippen LogP contribution in [0.5, 0.6) is 0 Å². The first-order valence-corrected chi connectivity index (χ1v) is 9.45. The van der Waals surface area contributed by atoms with Gasteiger partial charge < -0.3 is 9.88 Å². The smallest absolute Gasteiger partial charge is 0.255 e. The standard InChI is InChI=1S/C22H21N5O.ClH/c1-14-24-11-16(12-25-14)15-6-8-27(22(28)9-15)17-3-4-18-19-13-23-7-5-20(19)26(2)21(18)10-17;/h3-4,6,8-12,23H,5,7,13H2,1-2H3;1H. The van der Waals surface area contributed by atoms with Crippen LogP contribution in [0.4, 0.5) is 0 Å². The molecule has 1 aliphatic heterocycles. The number of fused-ring (bicyclic) bond motifs is 3. The largest absolute Gasteiger partial charge is 0.347 e. The summed E-state index contributed by atoms with van der Waals surface area (Å²) in [6.45, 7) is 3.75. The van der Waals surface area contributed by atoms with E-state index in [0.717, 1.165) is 41.8 Å². The Bertz CT molecular complexity index is 1260. The predicted octanol–water partition coefficient (Wildman–Crippen LogP) is 3.16. The minimum absolute atomic E-state index is 0. The SMILES string of the molecule is Cc1ncc(-c2ccn(-c3ccc4c5c(n(C)c4c3)CCNC5)c(=O)c2)cn1.Cl. The van der Waals surface area contributed by atoms with Crippen molar-refractivity contribution < 1.29 is 0 Å². The molecule has 148 valence electrons. The normalized spacial score (nSPS) is 13.2. The minimum Gasteiger partial charge on any atom is -0.347 e. The third kappa shape index (κ3) is 3.24. The zero-order valence-corrected chi connectivity index (χ0v) is 17.2. The average Bonchev–Trinajstić information content (AvgIpc) is 3.01. The fraction of sp³-hybridized carbons (Fsp3) is 0.227. The van der Waals surface area contributed by atoms with Gasteiger partial charge in [-0.3, -0.25) is 9.36 Å². The average molecular weight is 408 g/mol. The summed E-state index contributed by atoms with van der Waals surface area (Å²) in [6.07, 6.45) is 6.35. The molecular formula is C22H22ClN5O. The summed E-state index contributed by atoms with van der Waals surface area (Å²) in [7, 11) is 2.11. The van der Waals surface area contributed by atoms with Crippen molar-refractivity contribution in [3.05, 3.63) is 76.4 Å². The van der Waals surface area contributed by atoms with Gasteiger partial charge in [0.25, 0.3) is 5.56 Å². The molecule has 0 atom stereocenters. The Morgan fingerprint density at radius 3 is 2.62 bits per heavy atom. The lowest BCUT2D eigenvalue weighted by molar-refractivity contribution is 0.622. The third-order valence-electron chi connectivity index (χ3n) is 5.57. The van der Waals surface area contributed by atoms with E-state index in [0.29, 0.717) is 5.82 Å². The molecule has 4 heterocycles. The van der Waals surface area contributed by atoms with Crippen molar-refractivity contribution >= 4 is 23.3 Å². The van der Waals surface area contributed by atoms with Gasteiger partial charge >= 0.3 is 0 Å². The molecule has 1 aromatic carbocycles. The van der Waals surface area contributed by atoms with Gasteiger partial charge in [-0.1, -0.05) is 6.07 Å². The van der Waals surface area contributed by atoms with Gasteiger partial charge in [0.05, 0.1) is 11.2 Å². The van der Waals surface area contributed by atoms with Crippen molar-refractivity contribution in [3.8, 4) is 16.8 Å². The van der Waals surface area contributed by atoms with E-state index in [2.05, 4.69) is 39.0 Å². The van der Waals surface area contributed by atoms with E-state index in [1.54, 1.807) is 23.0 Å². The zero-order valence-electron chi connectivity index (χ0n) is 16.3. The van der Waals surface area contributed by atoms with E-state index in [1.807, 2.05) is 25.3 Å². The van der Waals surface area contributed by atoms with E-state index in [1.165, 1.54) is 16.6 Å². The van der Waals surface area contributed by atoms with Crippen LogP contribution >= 0.6 is 12.4 Å². The van der Waals surface area contributed by atoms with E-state index < -0.39 is 0 Å². The monoisotopic (exact) mass is 407 g/mol. The molecular weight excluding hydrogens is 386 g/mol. The van der Waals surface area contributed by atoms with Crippen molar-refractivity contribution in [2.75, 3.05) is 6.54 Å². The van der Waals surface area contributed by atoms with Crippen LogP contribution in [0.3, 0.4) is 0 Å². The van der Waals surface area contributed by atoms with Crippen molar-refractivity contribution in [1.82, 2.24) is 24.4 Å². The van der Waals surface area contributed by atoms with Crippen LogP contribution in [0.15, 0.2) is 53.7 Å². The van der Waals surface area contributed by atoms with Crippen LogP contribution in [-0.4, -0.2) is 25.6 Å². The summed E-state index contributed by atoms with van der Waals surface area (Å²) < 4.78 is 3.94. The first-order valence-electron chi connectivity index (χ1n) is 9.45. The highest BCUT2D eigenvalue weighted by Gasteiger charge is 2.18. The molecule has 1 aliphatic rings. The molecule has 0 radical (unpaired) electrons. The van der Waals surface area contributed by atoms with E-state index in [4.69, 9.17) is 0 Å². The van der Waals surface area contributed by atoms with Crippen molar-refractivity contribution in [1.29, 1.82) is 0 Å². The Kier molecular flexibility index (Phi) is 4.98. The number of nitrogens with zero attached hydrogens (tertiary/aromatic N) is 4. The summed E-state index contributed by atoms with van der Waals surface area (Å²) in [4.78, 5) is 21.2. The zero-order chi connectivity index (χ0) is 19.3. The molecule has 0 saturated heterocycles. The fourth-order valence-corrected chi connectivity index (χ4v) is 4.06. The second-order valence-corrected chi connectivity index (χ2v) is 7.26. The maximum absolute atomic E-state index is 12.8. The van der Waals surface area contributed by atoms with E-state index in [-0.39, 0.29) is 18.0 Å². The van der Waals surface area contributed by atoms with Gasteiger partial charge in [-0.05, 0) is 36.2 Å². The lowest BCUT2D eigenvalue weighted by Gasteiger charge is -2.14. The molecule has 0 aliphatic carbocycles. The highest BCUT2D eigenvalue weighted by Crippen LogP contribution is 2.29. The van der Waals surface area contributed by atoms with Crippen LogP contribution in [-0.2, 0) is 20.0 Å². The molecule has 1 N–H and O–H groups in total. The third-order valence-corrected chi connectivity index (χ3v) is 5.57. The quantitative estimate of drug-likeness (QED) is 0.554. The van der Waals surface area contributed by atoms with Gasteiger partial charge in [-0.2, -0.15) is 0 Å². The number of rotatable bonds is 2. The van der Waals surface area contributed by atoms with Crippen molar-refractivity contribution in [2.45, 2.75) is 19.9 Å². The predicted molar refractivity (Wildman–Crippen MR) is 117 cm³/mol. The number of pyridine rings is 1. The molecule has 0 fully saturated rings. The lowest BCUT2D eigenvalue weighted by atomic mass is 10.1. The Balaban J connectivity index is 0.00000205. The van der Waals surface area contributed by atoms with Gasteiger partial charge in [-0.15, -0.1) is 12.4 Å². The van der Waals surface area contributed by atoms with Crippen molar-refractivity contribution in [2.24, 2.45) is 7.05 Å². The number of hydrogen-bond donors (Lipinski definition) is 1. The molecule has 0 unspecified atom stereocenters. The lowest BCUT2D eigenvalue weighted by Crippen LogP contribution is -2.24. The Morgan fingerprint density at radius 1 is 1.07 bits per heavy atom. The molecule has 6 nitrogen and oxygen atoms in total. The number of aryl methyl sites for hydroxylation is 2. The first-order chi connectivity index (χ1) is 13.6. The van der Waals surface area contributed by atoms with Crippen LogP contribution in [0, 0.1) is 6.92 Å². The van der Waals surface area contributed by atoms with E-state index in [9.17, 15) is 4.79 Å². The van der Waals surface area contributed by atoms with Crippen LogP contribution < -0.4 is 10.9 Å². The topological polar surface area (TPSA) is 64.7 Å². The molecule has 29 heavy (non-hydrogen) atoms. The van der Waals surface area contributed by atoms with Gasteiger partial charge in [0.15, 0.2) is 0 Å². The van der Waals surface area contributed by atoms with Gasteiger partial charge in [0, 0.05) is 67.9 Å². The molecule has 0 bridgehead atoms. The molecule has 0 amide bonds. The summed E-state index contributed by atoms with van der Waals surface area (Å²) >= 11 is 0. The number of aromatic nitrogens is 4. The second-order valence-electron chi connectivity index (χ2n) is 7.26.